The second kappa shape index (κ2) is 9.23. The third-order valence-electron chi connectivity index (χ3n) is 3.54. The molecule has 0 aliphatic carbocycles. The van der Waals surface area contributed by atoms with Gasteiger partial charge in [0.15, 0.2) is 0 Å². The molecular weight excluding hydrogens is 304 g/mol. The molecule has 0 aliphatic rings. The van der Waals surface area contributed by atoms with E-state index in [-0.39, 0.29) is 24.0 Å². The molecule has 0 aromatic heterocycles. The van der Waals surface area contributed by atoms with E-state index < -0.39 is 0 Å². The van der Waals surface area contributed by atoms with Crippen LogP contribution in [0.5, 0.6) is 0 Å². The zero-order chi connectivity index (χ0) is 18.3. The summed E-state index contributed by atoms with van der Waals surface area (Å²) < 4.78 is 5.14. The smallest absolute Gasteiger partial charge is 0.338 e. The number of rotatable bonds is 8. The Labute approximate surface area is 144 Å². The van der Waals surface area contributed by atoms with Gasteiger partial charge in [0.05, 0.1) is 17.7 Å². The molecule has 0 spiro atoms. The molecule has 1 amide bonds. The molecule has 1 aromatic rings. The van der Waals surface area contributed by atoms with Gasteiger partial charge in [-0.2, -0.15) is 0 Å². The van der Waals surface area contributed by atoms with Gasteiger partial charge < -0.3 is 10.1 Å². The van der Waals surface area contributed by atoms with Crippen molar-refractivity contribution in [2.45, 2.75) is 46.8 Å². The molecule has 132 valence electrons. The quantitative estimate of drug-likeness (QED) is 0.585. The minimum atomic E-state index is -0.366. The Morgan fingerprint density at radius 3 is 2.25 bits per heavy atom. The highest BCUT2D eigenvalue weighted by atomic mass is 16.5. The third-order valence-corrected chi connectivity index (χ3v) is 3.54. The molecule has 0 bridgehead atoms. The summed E-state index contributed by atoms with van der Waals surface area (Å²) in [6.45, 7) is 14.8. The number of hydrogen-bond acceptors (Lipinski definition) is 4. The number of benzene rings is 1. The zero-order valence-corrected chi connectivity index (χ0v) is 15.3. The maximum absolute atomic E-state index is 12.4. The van der Waals surface area contributed by atoms with Crippen LogP contribution in [0.2, 0.25) is 0 Å². The first-order valence-corrected chi connectivity index (χ1v) is 8.25. The number of nitrogens with one attached hydrogen (secondary N) is 1. The summed E-state index contributed by atoms with van der Waals surface area (Å²) >= 11 is 0. The predicted octanol–water partition coefficient (Wildman–Crippen LogP) is 3.48. The van der Waals surface area contributed by atoms with Gasteiger partial charge in [-0.15, -0.1) is 0 Å². The van der Waals surface area contributed by atoms with Crippen molar-refractivity contribution in [1.82, 2.24) is 4.90 Å². The summed E-state index contributed by atoms with van der Waals surface area (Å²) in [4.78, 5) is 26.2. The maximum atomic E-state index is 12.4. The van der Waals surface area contributed by atoms with E-state index in [0.29, 0.717) is 17.8 Å². The Morgan fingerprint density at radius 1 is 1.21 bits per heavy atom. The van der Waals surface area contributed by atoms with Gasteiger partial charge in [0.2, 0.25) is 5.91 Å². The number of ether oxygens (including phenoxy) is 1. The molecule has 1 rings (SSSR count). The van der Waals surface area contributed by atoms with Crippen molar-refractivity contribution in [3.05, 3.63) is 42.0 Å². The zero-order valence-electron chi connectivity index (χ0n) is 15.3. The molecule has 1 unspecified atom stereocenters. The first-order chi connectivity index (χ1) is 11.2. The minimum Gasteiger partial charge on any atom is -0.459 e. The van der Waals surface area contributed by atoms with Gasteiger partial charge in [-0.1, -0.05) is 19.1 Å². The van der Waals surface area contributed by atoms with Gasteiger partial charge in [-0.25, -0.2) is 4.79 Å². The van der Waals surface area contributed by atoms with Gasteiger partial charge in [0.1, 0.15) is 0 Å². The average molecular weight is 332 g/mol. The van der Waals surface area contributed by atoms with Gasteiger partial charge in [-0.05, 0) is 58.5 Å². The highest BCUT2D eigenvalue weighted by molar-refractivity contribution is 5.95. The summed E-state index contributed by atoms with van der Waals surface area (Å²) in [6, 6.07) is 6.44. The first kappa shape index (κ1) is 19.9. The molecule has 0 saturated carbocycles. The monoisotopic (exact) mass is 332 g/mol. The molecule has 0 fully saturated rings. The minimum absolute atomic E-state index is 0.0874. The van der Waals surface area contributed by atoms with E-state index in [1.165, 1.54) is 0 Å². The van der Waals surface area contributed by atoms with E-state index in [1.807, 2.05) is 25.7 Å². The largest absolute Gasteiger partial charge is 0.459 e. The van der Waals surface area contributed by atoms with Gasteiger partial charge >= 0.3 is 5.97 Å². The Hall–Kier alpha value is -2.14. The van der Waals surface area contributed by atoms with E-state index >= 15 is 0 Å². The van der Waals surface area contributed by atoms with Crippen molar-refractivity contribution in [3.8, 4) is 0 Å². The number of carbonyl (C=O) groups is 2. The van der Waals surface area contributed by atoms with Gasteiger partial charge in [-0.3, -0.25) is 9.69 Å². The van der Waals surface area contributed by atoms with Crippen LogP contribution in [-0.2, 0) is 9.53 Å². The Kier molecular flexibility index (Phi) is 7.65. The normalized spacial score (nSPS) is 12.1. The Bertz CT molecular complexity index is 579. The number of esters is 1. The highest BCUT2D eigenvalue weighted by Gasteiger charge is 2.20. The van der Waals surface area contributed by atoms with Crippen molar-refractivity contribution in [2.24, 2.45) is 0 Å². The predicted molar refractivity (Wildman–Crippen MR) is 97.1 cm³/mol. The fraction of sp³-hybridized carbons (Fsp3) is 0.474. The topological polar surface area (TPSA) is 58.6 Å². The summed E-state index contributed by atoms with van der Waals surface area (Å²) in [5.41, 5.74) is 2.14. The number of hydrogen-bond donors (Lipinski definition) is 1. The number of nitrogens with zero attached hydrogens (tertiary/aromatic N) is 1. The summed E-state index contributed by atoms with van der Waals surface area (Å²) in [5.74, 6) is -0.453. The average Bonchev–Trinajstić information content (AvgIpc) is 2.51. The lowest BCUT2D eigenvalue weighted by atomic mass is 10.2. The van der Waals surface area contributed by atoms with Crippen molar-refractivity contribution < 1.29 is 14.3 Å². The number of amides is 1. The van der Waals surface area contributed by atoms with Gasteiger partial charge in [0, 0.05) is 12.2 Å². The summed E-state index contributed by atoms with van der Waals surface area (Å²) in [6.07, 6.45) is -0.161. The van der Waals surface area contributed by atoms with Gasteiger partial charge in [0.25, 0.3) is 0 Å². The van der Waals surface area contributed by atoms with Crippen LogP contribution in [0, 0.1) is 0 Å². The van der Waals surface area contributed by atoms with E-state index in [4.69, 9.17) is 4.74 Å². The SMILES string of the molecule is C=C(C)CN(CC)C(C)C(=O)Nc1ccc(C(=O)OC(C)C)cc1. The van der Waals surface area contributed by atoms with E-state index in [1.54, 1.807) is 38.1 Å². The molecule has 24 heavy (non-hydrogen) atoms. The van der Waals surface area contributed by atoms with E-state index in [0.717, 1.165) is 12.1 Å². The molecule has 0 radical (unpaired) electrons. The van der Waals surface area contributed by atoms with Crippen LogP contribution in [0.4, 0.5) is 5.69 Å². The maximum Gasteiger partial charge on any atom is 0.338 e. The molecule has 5 nitrogen and oxygen atoms in total. The lowest BCUT2D eigenvalue weighted by Gasteiger charge is -2.27. The Morgan fingerprint density at radius 2 is 1.79 bits per heavy atom. The second-order valence-corrected chi connectivity index (χ2v) is 6.22. The van der Waals surface area contributed by atoms with Crippen molar-refractivity contribution >= 4 is 17.6 Å². The third kappa shape index (κ3) is 6.16. The standard InChI is InChI=1S/C19H28N2O3/c1-7-21(12-13(2)3)15(6)18(22)20-17-10-8-16(9-11-17)19(23)24-14(4)5/h8-11,14-15H,2,7,12H2,1,3-6H3,(H,20,22). The van der Waals surface area contributed by atoms with Crippen LogP contribution in [0.3, 0.4) is 0 Å². The fourth-order valence-electron chi connectivity index (χ4n) is 2.25. The van der Waals surface area contributed by atoms with Crippen LogP contribution in [0.25, 0.3) is 0 Å². The molecule has 1 atom stereocenters. The second-order valence-electron chi connectivity index (χ2n) is 6.22. The summed E-state index contributed by atoms with van der Waals surface area (Å²) in [5, 5.41) is 2.87. The first-order valence-electron chi connectivity index (χ1n) is 8.25. The molecule has 0 aliphatic heterocycles. The lowest BCUT2D eigenvalue weighted by Crippen LogP contribution is -2.42. The van der Waals surface area contributed by atoms with Crippen LogP contribution >= 0.6 is 0 Å². The summed E-state index contributed by atoms with van der Waals surface area (Å²) in [7, 11) is 0. The lowest BCUT2D eigenvalue weighted by molar-refractivity contribution is -0.120. The molecule has 0 saturated heterocycles. The van der Waals surface area contributed by atoms with Crippen LogP contribution in [-0.4, -0.2) is 42.0 Å². The molecular formula is C19H28N2O3. The van der Waals surface area contributed by atoms with Crippen LogP contribution in [0.1, 0.15) is 45.0 Å². The number of likely N-dealkylation sites (N-methyl/N-ethyl adjacent to an activating group) is 1. The van der Waals surface area contributed by atoms with E-state index in [9.17, 15) is 9.59 Å². The van der Waals surface area contributed by atoms with Crippen LogP contribution < -0.4 is 5.32 Å². The highest BCUT2D eigenvalue weighted by Crippen LogP contribution is 2.13. The fourth-order valence-corrected chi connectivity index (χ4v) is 2.25. The molecule has 5 heteroatoms. The Balaban J connectivity index is 2.70. The van der Waals surface area contributed by atoms with Crippen LogP contribution in [0.15, 0.2) is 36.4 Å². The molecule has 1 aromatic carbocycles. The molecule has 1 N–H and O–H groups in total. The van der Waals surface area contributed by atoms with Crippen molar-refractivity contribution in [2.75, 3.05) is 18.4 Å². The number of carbonyl (C=O) groups excluding carboxylic acids is 2. The van der Waals surface area contributed by atoms with Crippen molar-refractivity contribution in [1.29, 1.82) is 0 Å². The number of anilines is 1. The molecule has 0 heterocycles. The van der Waals surface area contributed by atoms with E-state index in [2.05, 4.69) is 11.9 Å². The van der Waals surface area contributed by atoms with Crippen molar-refractivity contribution in [3.63, 3.8) is 0 Å².